The number of rotatable bonds is 5. The van der Waals surface area contributed by atoms with Gasteiger partial charge in [-0.2, -0.15) is 5.10 Å². The summed E-state index contributed by atoms with van der Waals surface area (Å²) in [7, 11) is 1.34. The zero-order valence-corrected chi connectivity index (χ0v) is 16.8. The third-order valence-electron chi connectivity index (χ3n) is 4.96. The van der Waals surface area contributed by atoms with Crippen molar-refractivity contribution in [1.82, 2.24) is 9.78 Å². The number of para-hydroxylation sites is 1. The van der Waals surface area contributed by atoms with Crippen LogP contribution in [-0.2, 0) is 4.74 Å². The van der Waals surface area contributed by atoms with Gasteiger partial charge < -0.3 is 10.1 Å². The topological polar surface area (TPSA) is 73.2 Å². The molecule has 1 aliphatic carbocycles. The molecular weight excluding hydrogens is 374 g/mol. The largest absolute Gasteiger partial charge is 0.465 e. The maximum atomic E-state index is 13.1. The van der Waals surface area contributed by atoms with Gasteiger partial charge in [0.15, 0.2) is 0 Å². The van der Waals surface area contributed by atoms with Gasteiger partial charge in [-0.25, -0.2) is 9.48 Å². The van der Waals surface area contributed by atoms with Crippen LogP contribution in [0.4, 0.5) is 5.00 Å². The molecule has 144 valence electrons. The molecule has 2 heterocycles. The van der Waals surface area contributed by atoms with Crippen LogP contribution in [0.15, 0.2) is 36.4 Å². The summed E-state index contributed by atoms with van der Waals surface area (Å²) < 4.78 is 6.57. The van der Waals surface area contributed by atoms with E-state index in [-0.39, 0.29) is 5.91 Å². The van der Waals surface area contributed by atoms with Crippen LogP contribution >= 0.6 is 11.3 Å². The number of anilines is 1. The minimum atomic E-state index is -0.451. The van der Waals surface area contributed by atoms with Gasteiger partial charge in [0.25, 0.3) is 5.91 Å². The molecule has 0 radical (unpaired) electrons. The maximum Gasteiger partial charge on any atom is 0.341 e. The van der Waals surface area contributed by atoms with E-state index < -0.39 is 5.97 Å². The van der Waals surface area contributed by atoms with Gasteiger partial charge in [-0.1, -0.05) is 18.2 Å². The number of carbonyl (C=O) groups excluding carboxylic acids is 2. The molecule has 0 aliphatic heterocycles. The lowest BCUT2D eigenvalue weighted by Crippen LogP contribution is -2.18. The van der Waals surface area contributed by atoms with Gasteiger partial charge in [0.2, 0.25) is 0 Å². The summed E-state index contributed by atoms with van der Waals surface area (Å²) >= 11 is 1.37. The van der Waals surface area contributed by atoms with E-state index in [1.165, 1.54) is 18.4 Å². The Labute approximate surface area is 167 Å². The first kappa shape index (κ1) is 18.4. The van der Waals surface area contributed by atoms with E-state index in [9.17, 15) is 9.59 Å². The van der Waals surface area contributed by atoms with E-state index in [0.29, 0.717) is 22.2 Å². The van der Waals surface area contributed by atoms with E-state index in [2.05, 4.69) is 10.4 Å². The number of nitrogens with zero attached hydrogens (tertiary/aromatic N) is 2. The number of aromatic nitrogens is 2. The quantitative estimate of drug-likeness (QED) is 0.647. The molecule has 7 heteroatoms. The maximum absolute atomic E-state index is 13.1. The zero-order valence-electron chi connectivity index (χ0n) is 16.0. The van der Waals surface area contributed by atoms with Gasteiger partial charge in [0.1, 0.15) is 10.7 Å². The summed E-state index contributed by atoms with van der Waals surface area (Å²) in [4.78, 5) is 26.3. The monoisotopic (exact) mass is 395 g/mol. The molecule has 6 nitrogen and oxygen atoms in total. The average molecular weight is 395 g/mol. The van der Waals surface area contributed by atoms with Crippen molar-refractivity contribution in [2.45, 2.75) is 32.6 Å². The fourth-order valence-electron chi connectivity index (χ4n) is 3.14. The highest BCUT2D eigenvalue weighted by Gasteiger charge is 2.30. The number of amides is 1. The third kappa shape index (κ3) is 3.33. The number of methoxy groups -OCH3 is 1. The van der Waals surface area contributed by atoms with Crippen LogP contribution in [0.1, 0.15) is 55.7 Å². The normalized spacial score (nSPS) is 13.4. The van der Waals surface area contributed by atoms with Crippen molar-refractivity contribution in [2.24, 2.45) is 0 Å². The standard InChI is InChI=1S/C21H21N3O3S/c1-12-13(2)28-20(18(12)21(26)27-3)22-19(25)17-11-16(14-9-10-14)23-24(17)15-7-5-4-6-8-15/h4-8,11,14H,9-10H2,1-3H3,(H,22,25). The first-order valence-electron chi connectivity index (χ1n) is 9.14. The lowest BCUT2D eigenvalue weighted by Gasteiger charge is -2.08. The molecule has 28 heavy (non-hydrogen) atoms. The molecular formula is C21H21N3O3S. The first-order chi connectivity index (χ1) is 13.5. The van der Waals surface area contributed by atoms with Crippen LogP contribution < -0.4 is 5.32 Å². The van der Waals surface area contributed by atoms with Crippen LogP contribution in [0.25, 0.3) is 5.69 Å². The summed E-state index contributed by atoms with van der Waals surface area (Å²) in [5.74, 6) is -0.324. The second-order valence-corrected chi connectivity index (χ2v) is 8.13. The molecule has 1 aromatic carbocycles. The molecule has 4 rings (SSSR count). The number of nitrogens with one attached hydrogen (secondary N) is 1. The SMILES string of the molecule is COC(=O)c1c(NC(=O)c2cc(C3CC3)nn2-c2ccccc2)sc(C)c1C. The first-order valence-corrected chi connectivity index (χ1v) is 9.96. The predicted octanol–water partition coefficient (Wildman–Crippen LogP) is 4.47. The van der Waals surface area contributed by atoms with Gasteiger partial charge >= 0.3 is 5.97 Å². The Morgan fingerprint density at radius 2 is 1.93 bits per heavy atom. The van der Waals surface area contributed by atoms with E-state index in [4.69, 9.17) is 4.74 Å². The van der Waals surface area contributed by atoms with Gasteiger partial charge in [0.05, 0.1) is 24.1 Å². The molecule has 1 fully saturated rings. The van der Waals surface area contributed by atoms with Gasteiger partial charge in [-0.3, -0.25) is 4.79 Å². The molecule has 1 amide bonds. The van der Waals surface area contributed by atoms with Gasteiger partial charge in [-0.05, 0) is 50.5 Å². The number of esters is 1. The molecule has 0 atom stereocenters. The fraction of sp³-hybridized carbons (Fsp3) is 0.286. The Kier molecular flexibility index (Phi) is 4.77. The van der Waals surface area contributed by atoms with Crippen LogP contribution in [0.3, 0.4) is 0 Å². The van der Waals surface area contributed by atoms with Crippen LogP contribution in [0, 0.1) is 13.8 Å². The second-order valence-electron chi connectivity index (χ2n) is 6.91. The summed E-state index contributed by atoms with van der Waals surface area (Å²) in [6, 6.07) is 11.4. The minimum Gasteiger partial charge on any atom is -0.465 e. The molecule has 0 saturated heterocycles. The molecule has 0 spiro atoms. The van der Waals surface area contributed by atoms with Gasteiger partial charge in [-0.15, -0.1) is 11.3 Å². The lowest BCUT2D eigenvalue weighted by molar-refractivity contribution is 0.0601. The molecule has 1 N–H and O–H groups in total. The highest BCUT2D eigenvalue weighted by atomic mass is 32.1. The van der Waals surface area contributed by atoms with Crippen molar-refractivity contribution in [3.05, 3.63) is 63.8 Å². The molecule has 2 aromatic heterocycles. The number of benzene rings is 1. The fourth-order valence-corrected chi connectivity index (χ4v) is 4.18. The molecule has 1 aliphatic rings. The van der Waals surface area contributed by atoms with E-state index in [0.717, 1.165) is 34.7 Å². The summed E-state index contributed by atoms with van der Waals surface area (Å²) in [5, 5.41) is 8.07. The third-order valence-corrected chi connectivity index (χ3v) is 6.08. The Bertz CT molecular complexity index is 1050. The zero-order chi connectivity index (χ0) is 19.8. The Hall–Kier alpha value is -2.93. The van der Waals surface area contributed by atoms with Crippen molar-refractivity contribution in [2.75, 3.05) is 12.4 Å². The highest BCUT2D eigenvalue weighted by molar-refractivity contribution is 7.16. The Morgan fingerprint density at radius 3 is 2.57 bits per heavy atom. The summed E-state index contributed by atoms with van der Waals surface area (Å²) in [6.07, 6.45) is 2.20. The second kappa shape index (κ2) is 7.24. The van der Waals surface area contributed by atoms with E-state index in [1.807, 2.05) is 50.2 Å². The van der Waals surface area contributed by atoms with Crippen LogP contribution in [-0.4, -0.2) is 28.8 Å². The molecule has 0 bridgehead atoms. The number of carbonyl (C=O) groups is 2. The molecule has 0 unspecified atom stereocenters. The van der Waals surface area contributed by atoms with Crippen molar-refractivity contribution in [3.63, 3.8) is 0 Å². The van der Waals surface area contributed by atoms with E-state index >= 15 is 0 Å². The van der Waals surface area contributed by atoms with Crippen molar-refractivity contribution < 1.29 is 14.3 Å². The van der Waals surface area contributed by atoms with E-state index in [1.54, 1.807) is 4.68 Å². The van der Waals surface area contributed by atoms with Crippen LogP contribution in [0.2, 0.25) is 0 Å². The highest BCUT2D eigenvalue weighted by Crippen LogP contribution is 2.40. The lowest BCUT2D eigenvalue weighted by atomic mass is 10.1. The van der Waals surface area contributed by atoms with Crippen molar-refractivity contribution >= 4 is 28.2 Å². The number of hydrogen-bond acceptors (Lipinski definition) is 5. The van der Waals surface area contributed by atoms with Gasteiger partial charge in [0, 0.05) is 10.8 Å². The Morgan fingerprint density at radius 1 is 1.21 bits per heavy atom. The number of thiophene rings is 1. The summed E-state index contributed by atoms with van der Waals surface area (Å²) in [6.45, 7) is 3.77. The average Bonchev–Trinajstić information content (AvgIpc) is 3.39. The number of ether oxygens (including phenoxy) is 1. The predicted molar refractivity (Wildman–Crippen MR) is 109 cm³/mol. The molecule has 3 aromatic rings. The summed E-state index contributed by atoms with van der Waals surface area (Å²) in [5.41, 5.74) is 3.44. The van der Waals surface area contributed by atoms with Crippen molar-refractivity contribution in [1.29, 1.82) is 0 Å². The Balaban J connectivity index is 1.71. The van der Waals surface area contributed by atoms with Crippen molar-refractivity contribution in [3.8, 4) is 5.69 Å². The number of aryl methyl sites for hydroxylation is 1. The van der Waals surface area contributed by atoms with Crippen LogP contribution in [0.5, 0.6) is 0 Å². The molecule has 1 saturated carbocycles. The number of hydrogen-bond donors (Lipinski definition) is 1. The minimum absolute atomic E-state index is 0.297. The smallest absolute Gasteiger partial charge is 0.341 e.